The van der Waals surface area contributed by atoms with Gasteiger partial charge in [0.05, 0.1) is 19.8 Å². The predicted molar refractivity (Wildman–Crippen MR) is 43.0 cm³/mol. The van der Waals surface area contributed by atoms with E-state index in [4.69, 9.17) is 15.6 Å². The summed E-state index contributed by atoms with van der Waals surface area (Å²) in [5.74, 6) is -1.41. The van der Waals surface area contributed by atoms with Gasteiger partial charge in [0.25, 0.3) is 0 Å². The molecular formula is C7H12N2O4. The number of morpholine rings is 1. The molecule has 1 atom stereocenters. The van der Waals surface area contributed by atoms with Crippen LogP contribution in [0.3, 0.4) is 0 Å². The molecule has 0 saturated carbocycles. The molecule has 0 bridgehead atoms. The standard InChI is InChI=1S/C7H12N2O4/c8-3-6(10)9-1-2-13-4-5(9)7(11)12/h5H,1-4,8H2,(H,11,12). The third-order valence-corrected chi connectivity index (χ3v) is 1.91. The largest absolute Gasteiger partial charge is 0.480 e. The molecule has 1 fully saturated rings. The maximum absolute atomic E-state index is 11.2. The maximum Gasteiger partial charge on any atom is 0.328 e. The van der Waals surface area contributed by atoms with Gasteiger partial charge in [0.1, 0.15) is 0 Å². The van der Waals surface area contributed by atoms with Crippen molar-refractivity contribution in [2.24, 2.45) is 5.73 Å². The third-order valence-electron chi connectivity index (χ3n) is 1.91. The molecule has 74 valence electrons. The number of carbonyl (C=O) groups excluding carboxylic acids is 1. The first-order valence-corrected chi connectivity index (χ1v) is 3.97. The van der Waals surface area contributed by atoms with Crippen LogP contribution in [-0.4, -0.2) is 54.2 Å². The molecule has 1 aliphatic rings. The van der Waals surface area contributed by atoms with Gasteiger partial charge in [0.2, 0.25) is 5.91 Å². The molecule has 0 aromatic rings. The van der Waals surface area contributed by atoms with Crippen LogP contribution >= 0.6 is 0 Å². The summed E-state index contributed by atoms with van der Waals surface area (Å²) in [6, 6.07) is -0.884. The van der Waals surface area contributed by atoms with E-state index in [1.807, 2.05) is 0 Å². The highest BCUT2D eigenvalue weighted by Crippen LogP contribution is 2.06. The Labute approximate surface area is 75.3 Å². The molecule has 1 heterocycles. The van der Waals surface area contributed by atoms with Gasteiger partial charge in [-0.3, -0.25) is 4.79 Å². The first-order valence-electron chi connectivity index (χ1n) is 3.97. The molecule has 1 aliphatic heterocycles. The number of rotatable bonds is 2. The fraction of sp³-hybridized carbons (Fsp3) is 0.714. The summed E-state index contributed by atoms with van der Waals surface area (Å²) in [4.78, 5) is 23.1. The average Bonchev–Trinajstić information content (AvgIpc) is 2.16. The normalized spacial score (nSPS) is 22.8. The van der Waals surface area contributed by atoms with Crippen molar-refractivity contribution >= 4 is 11.9 Å². The fourth-order valence-electron chi connectivity index (χ4n) is 1.22. The molecule has 0 aromatic heterocycles. The Morgan fingerprint density at radius 3 is 2.85 bits per heavy atom. The average molecular weight is 188 g/mol. The van der Waals surface area contributed by atoms with Crippen molar-refractivity contribution in [1.82, 2.24) is 4.90 Å². The van der Waals surface area contributed by atoms with Crippen molar-refractivity contribution in [1.29, 1.82) is 0 Å². The van der Waals surface area contributed by atoms with Crippen LogP contribution in [0.2, 0.25) is 0 Å². The smallest absolute Gasteiger partial charge is 0.328 e. The Bertz CT molecular complexity index is 219. The topological polar surface area (TPSA) is 92.9 Å². The number of carbonyl (C=O) groups is 2. The molecule has 0 spiro atoms. The van der Waals surface area contributed by atoms with Crippen LogP contribution in [0.4, 0.5) is 0 Å². The van der Waals surface area contributed by atoms with Crippen molar-refractivity contribution in [3.8, 4) is 0 Å². The summed E-state index contributed by atoms with van der Waals surface area (Å²) in [6.45, 7) is 0.549. The fourth-order valence-corrected chi connectivity index (χ4v) is 1.22. The van der Waals surface area contributed by atoms with Gasteiger partial charge < -0.3 is 20.5 Å². The maximum atomic E-state index is 11.2. The molecule has 6 nitrogen and oxygen atoms in total. The van der Waals surface area contributed by atoms with E-state index in [-0.39, 0.29) is 19.1 Å². The van der Waals surface area contributed by atoms with Crippen molar-refractivity contribution in [3.63, 3.8) is 0 Å². The predicted octanol–water partition coefficient (Wildman–Crippen LogP) is -1.74. The molecule has 6 heteroatoms. The van der Waals surface area contributed by atoms with Crippen LogP contribution in [0.1, 0.15) is 0 Å². The molecule has 13 heavy (non-hydrogen) atoms. The van der Waals surface area contributed by atoms with Gasteiger partial charge in [-0.15, -0.1) is 0 Å². The minimum Gasteiger partial charge on any atom is -0.480 e. The number of nitrogens with two attached hydrogens (primary N) is 1. The van der Waals surface area contributed by atoms with Gasteiger partial charge in [0, 0.05) is 6.54 Å². The van der Waals surface area contributed by atoms with Gasteiger partial charge in [-0.05, 0) is 0 Å². The van der Waals surface area contributed by atoms with Gasteiger partial charge in [-0.25, -0.2) is 4.79 Å². The molecule has 1 unspecified atom stereocenters. The number of ether oxygens (including phenoxy) is 1. The number of hydrogen-bond donors (Lipinski definition) is 2. The SMILES string of the molecule is NCC(=O)N1CCOCC1C(=O)O. The summed E-state index contributed by atoms with van der Waals surface area (Å²) >= 11 is 0. The first kappa shape index (κ1) is 9.94. The van der Waals surface area contributed by atoms with E-state index in [0.717, 1.165) is 0 Å². The second-order valence-corrected chi connectivity index (χ2v) is 2.72. The molecule has 0 aromatic carbocycles. The van der Waals surface area contributed by atoms with E-state index in [1.165, 1.54) is 4.90 Å². The van der Waals surface area contributed by atoms with Crippen LogP contribution in [0.25, 0.3) is 0 Å². The van der Waals surface area contributed by atoms with Gasteiger partial charge >= 0.3 is 5.97 Å². The van der Waals surface area contributed by atoms with E-state index >= 15 is 0 Å². The lowest BCUT2D eigenvalue weighted by Crippen LogP contribution is -2.54. The van der Waals surface area contributed by atoms with Crippen LogP contribution in [0.5, 0.6) is 0 Å². The summed E-state index contributed by atoms with van der Waals surface area (Å²) < 4.78 is 4.95. The minimum absolute atomic E-state index is 0.0427. The molecule has 1 saturated heterocycles. The number of hydrogen-bond acceptors (Lipinski definition) is 4. The molecule has 1 amide bonds. The van der Waals surface area contributed by atoms with E-state index < -0.39 is 12.0 Å². The molecule has 0 aliphatic carbocycles. The van der Waals surface area contributed by atoms with Crippen LogP contribution < -0.4 is 5.73 Å². The molecule has 1 rings (SSSR count). The Morgan fingerprint density at radius 2 is 2.31 bits per heavy atom. The molecule has 3 N–H and O–H groups in total. The van der Waals surface area contributed by atoms with Crippen molar-refractivity contribution < 1.29 is 19.4 Å². The zero-order valence-corrected chi connectivity index (χ0v) is 7.10. The van der Waals surface area contributed by atoms with Gasteiger partial charge in [-0.1, -0.05) is 0 Å². The summed E-state index contributed by atoms with van der Waals surface area (Å²) in [7, 11) is 0. The number of carboxylic acids is 1. The molecular weight excluding hydrogens is 176 g/mol. The second-order valence-electron chi connectivity index (χ2n) is 2.72. The van der Waals surface area contributed by atoms with Crippen LogP contribution in [0.15, 0.2) is 0 Å². The quantitative estimate of drug-likeness (QED) is 0.536. The lowest BCUT2D eigenvalue weighted by Gasteiger charge is -2.32. The Morgan fingerprint density at radius 1 is 1.62 bits per heavy atom. The second kappa shape index (κ2) is 4.20. The number of nitrogens with zero attached hydrogens (tertiary/aromatic N) is 1. The van der Waals surface area contributed by atoms with Crippen molar-refractivity contribution in [3.05, 3.63) is 0 Å². The lowest BCUT2D eigenvalue weighted by molar-refractivity contribution is -0.157. The Hall–Kier alpha value is -1.14. The first-order chi connectivity index (χ1) is 6.16. The highest BCUT2D eigenvalue weighted by Gasteiger charge is 2.31. The van der Waals surface area contributed by atoms with Crippen molar-refractivity contribution in [2.75, 3.05) is 26.3 Å². The monoisotopic (exact) mass is 188 g/mol. The lowest BCUT2D eigenvalue weighted by atomic mass is 10.2. The van der Waals surface area contributed by atoms with E-state index in [2.05, 4.69) is 0 Å². The zero-order valence-electron chi connectivity index (χ0n) is 7.10. The summed E-state index contributed by atoms with van der Waals surface area (Å²) in [6.07, 6.45) is 0. The Kier molecular flexibility index (Phi) is 3.21. The van der Waals surface area contributed by atoms with Crippen LogP contribution in [0, 0.1) is 0 Å². The third kappa shape index (κ3) is 2.16. The van der Waals surface area contributed by atoms with Gasteiger partial charge in [-0.2, -0.15) is 0 Å². The highest BCUT2D eigenvalue weighted by atomic mass is 16.5. The zero-order chi connectivity index (χ0) is 9.84. The number of carboxylic acid groups (broad SMARTS) is 1. The number of aliphatic carboxylic acids is 1. The van der Waals surface area contributed by atoms with E-state index in [0.29, 0.717) is 13.2 Å². The van der Waals surface area contributed by atoms with Crippen LogP contribution in [-0.2, 0) is 14.3 Å². The van der Waals surface area contributed by atoms with E-state index in [9.17, 15) is 9.59 Å². The van der Waals surface area contributed by atoms with E-state index in [1.54, 1.807) is 0 Å². The van der Waals surface area contributed by atoms with Crippen molar-refractivity contribution in [2.45, 2.75) is 6.04 Å². The minimum atomic E-state index is -1.05. The van der Waals surface area contributed by atoms with Gasteiger partial charge in [0.15, 0.2) is 6.04 Å². The Balaban J connectivity index is 2.67. The summed E-state index contributed by atoms with van der Waals surface area (Å²) in [5, 5.41) is 8.74. The number of amides is 1. The summed E-state index contributed by atoms with van der Waals surface area (Å²) in [5.41, 5.74) is 5.14. The molecule has 0 radical (unpaired) electrons. The highest BCUT2D eigenvalue weighted by molar-refractivity contribution is 5.84.